The molecular weight excluding hydrogens is 354 g/mol. The summed E-state index contributed by atoms with van der Waals surface area (Å²) in [7, 11) is -3.54. The summed E-state index contributed by atoms with van der Waals surface area (Å²) in [6, 6.07) is 6.28. The topological polar surface area (TPSA) is 78.0 Å². The second kappa shape index (κ2) is 7.75. The van der Waals surface area contributed by atoms with E-state index in [9.17, 15) is 18.0 Å². The summed E-state index contributed by atoms with van der Waals surface area (Å²) in [5.41, 5.74) is 0.375. The van der Waals surface area contributed by atoms with Crippen molar-refractivity contribution in [2.75, 3.05) is 39.3 Å². The molecule has 1 aromatic carbocycles. The molecule has 2 amide bonds. The lowest BCUT2D eigenvalue weighted by Gasteiger charge is -2.34. The van der Waals surface area contributed by atoms with Crippen LogP contribution >= 0.6 is 0 Å². The molecule has 3 rings (SSSR count). The highest BCUT2D eigenvalue weighted by Crippen LogP contribution is 2.22. The van der Waals surface area contributed by atoms with Crippen molar-refractivity contribution < 1.29 is 18.0 Å². The summed E-state index contributed by atoms with van der Waals surface area (Å²) in [6.45, 7) is 4.86. The molecule has 2 fully saturated rings. The number of piperazine rings is 1. The van der Waals surface area contributed by atoms with Crippen LogP contribution in [0, 0.1) is 0 Å². The maximum atomic E-state index is 12.8. The monoisotopic (exact) mass is 379 g/mol. The fourth-order valence-corrected chi connectivity index (χ4v) is 5.00. The minimum absolute atomic E-state index is 0.0933. The Morgan fingerprint density at radius 2 is 1.58 bits per heavy atom. The third kappa shape index (κ3) is 3.76. The van der Waals surface area contributed by atoms with Crippen molar-refractivity contribution in [1.29, 1.82) is 0 Å². The predicted molar refractivity (Wildman–Crippen MR) is 97.2 cm³/mol. The molecule has 2 aliphatic heterocycles. The summed E-state index contributed by atoms with van der Waals surface area (Å²) in [4.78, 5) is 28.1. The maximum absolute atomic E-state index is 12.8. The first-order valence-corrected chi connectivity index (χ1v) is 10.5. The Balaban J connectivity index is 1.72. The van der Waals surface area contributed by atoms with E-state index in [1.54, 1.807) is 28.0 Å². The molecule has 142 valence electrons. The van der Waals surface area contributed by atoms with E-state index in [0.29, 0.717) is 51.3 Å². The average molecular weight is 379 g/mol. The molecule has 0 spiro atoms. The fourth-order valence-electron chi connectivity index (χ4n) is 3.43. The number of rotatable bonds is 4. The van der Waals surface area contributed by atoms with E-state index in [4.69, 9.17) is 0 Å². The van der Waals surface area contributed by atoms with Crippen LogP contribution in [0.4, 0.5) is 0 Å². The van der Waals surface area contributed by atoms with Crippen LogP contribution in [0.5, 0.6) is 0 Å². The van der Waals surface area contributed by atoms with Gasteiger partial charge in [0.15, 0.2) is 0 Å². The molecule has 1 aromatic rings. The lowest BCUT2D eigenvalue weighted by Crippen LogP contribution is -2.50. The van der Waals surface area contributed by atoms with Gasteiger partial charge in [0.2, 0.25) is 15.9 Å². The quantitative estimate of drug-likeness (QED) is 0.787. The highest BCUT2D eigenvalue weighted by Gasteiger charge is 2.29. The molecule has 0 N–H and O–H groups in total. The van der Waals surface area contributed by atoms with Gasteiger partial charge < -0.3 is 9.80 Å². The molecule has 8 heteroatoms. The summed E-state index contributed by atoms with van der Waals surface area (Å²) >= 11 is 0. The Morgan fingerprint density at radius 1 is 0.962 bits per heavy atom. The van der Waals surface area contributed by atoms with Crippen LogP contribution in [0.25, 0.3) is 0 Å². The first-order valence-electron chi connectivity index (χ1n) is 9.10. The molecule has 0 aromatic heterocycles. The van der Waals surface area contributed by atoms with Gasteiger partial charge in [0.05, 0.1) is 4.90 Å². The SMILES string of the molecule is CCC(=O)N1CCN(C(=O)c2cccc(S(=O)(=O)N3CCCC3)c2)CC1. The van der Waals surface area contributed by atoms with Gasteiger partial charge in [0, 0.05) is 51.3 Å². The van der Waals surface area contributed by atoms with Gasteiger partial charge in [-0.15, -0.1) is 0 Å². The number of sulfonamides is 1. The smallest absolute Gasteiger partial charge is 0.254 e. The molecule has 2 aliphatic rings. The minimum atomic E-state index is -3.54. The Hall–Kier alpha value is -1.93. The second-order valence-corrected chi connectivity index (χ2v) is 8.60. The van der Waals surface area contributed by atoms with Gasteiger partial charge in [-0.1, -0.05) is 13.0 Å². The summed E-state index contributed by atoms with van der Waals surface area (Å²) in [6.07, 6.45) is 2.21. The third-order valence-electron chi connectivity index (χ3n) is 5.01. The van der Waals surface area contributed by atoms with Crippen LogP contribution in [0.15, 0.2) is 29.2 Å². The zero-order valence-electron chi connectivity index (χ0n) is 15.1. The zero-order chi connectivity index (χ0) is 18.7. The van der Waals surface area contributed by atoms with Gasteiger partial charge in [-0.05, 0) is 31.0 Å². The van der Waals surface area contributed by atoms with Crippen LogP contribution in [0.1, 0.15) is 36.5 Å². The molecule has 2 heterocycles. The third-order valence-corrected chi connectivity index (χ3v) is 6.90. The molecule has 7 nitrogen and oxygen atoms in total. The normalized spacial score (nSPS) is 19.0. The lowest BCUT2D eigenvalue weighted by atomic mass is 10.2. The van der Waals surface area contributed by atoms with Gasteiger partial charge in [0.25, 0.3) is 5.91 Å². The van der Waals surface area contributed by atoms with Crippen LogP contribution in [-0.4, -0.2) is 73.6 Å². The summed E-state index contributed by atoms with van der Waals surface area (Å²) in [5.74, 6) is -0.0946. The molecule has 26 heavy (non-hydrogen) atoms. The number of amides is 2. The van der Waals surface area contributed by atoms with Gasteiger partial charge in [-0.25, -0.2) is 8.42 Å². The van der Waals surface area contributed by atoms with Crippen molar-refractivity contribution in [1.82, 2.24) is 14.1 Å². The Kier molecular flexibility index (Phi) is 5.62. The van der Waals surface area contributed by atoms with E-state index >= 15 is 0 Å². The van der Waals surface area contributed by atoms with Crippen LogP contribution in [0.2, 0.25) is 0 Å². The van der Waals surface area contributed by atoms with E-state index < -0.39 is 10.0 Å². The fraction of sp³-hybridized carbons (Fsp3) is 0.556. The zero-order valence-corrected chi connectivity index (χ0v) is 15.9. The van der Waals surface area contributed by atoms with Crippen molar-refractivity contribution in [2.24, 2.45) is 0 Å². The molecule has 2 saturated heterocycles. The van der Waals surface area contributed by atoms with Crippen LogP contribution in [0.3, 0.4) is 0 Å². The molecule has 0 aliphatic carbocycles. The number of carbonyl (C=O) groups is 2. The molecule has 0 saturated carbocycles. The second-order valence-electron chi connectivity index (χ2n) is 6.67. The standard InChI is InChI=1S/C18H25N3O4S/c1-2-17(22)19-10-12-20(13-11-19)18(23)15-6-5-7-16(14-15)26(24,25)21-8-3-4-9-21/h5-7,14H,2-4,8-13H2,1H3. The van der Waals surface area contributed by atoms with Gasteiger partial charge >= 0.3 is 0 Å². The highest BCUT2D eigenvalue weighted by molar-refractivity contribution is 7.89. The van der Waals surface area contributed by atoms with Crippen molar-refractivity contribution in [3.63, 3.8) is 0 Å². The van der Waals surface area contributed by atoms with Crippen molar-refractivity contribution in [2.45, 2.75) is 31.1 Å². The number of benzene rings is 1. The first-order chi connectivity index (χ1) is 12.4. The number of carbonyl (C=O) groups excluding carboxylic acids is 2. The van der Waals surface area contributed by atoms with Gasteiger partial charge in [-0.2, -0.15) is 4.31 Å². The van der Waals surface area contributed by atoms with E-state index in [2.05, 4.69) is 0 Å². The molecular formula is C18H25N3O4S. The number of hydrogen-bond donors (Lipinski definition) is 0. The van der Waals surface area contributed by atoms with E-state index in [1.807, 2.05) is 6.92 Å². The van der Waals surface area contributed by atoms with Crippen molar-refractivity contribution in [3.05, 3.63) is 29.8 Å². The van der Waals surface area contributed by atoms with Crippen molar-refractivity contribution in [3.8, 4) is 0 Å². The summed E-state index contributed by atoms with van der Waals surface area (Å²) in [5, 5.41) is 0. The number of nitrogens with zero attached hydrogens (tertiary/aromatic N) is 3. The number of hydrogen-bond acceptors (Lipinski definition) is 4. The van der Waals surface area contributed by atoms with Gasteiger partial charge in [-0.3, -0.25) is 9.59 Å². The Morgan fingerprint density at radius 3 is 2.19 bits per heavy atom. The largest absolute Gasteiger partial charge is 0.339 e. The van der Waals surface area contributed by atoms with Gasteiger partial charge in [0.1, 0.15) is 0 Å². The Bertz CT molecular complexity index is 779. The summed E-state index contributed by atoms with van der Waals surface area (Å²) < 4.78 is 26.9. The Labute approximate surface area is 154 Å². The molecule has 0 radical (unpaired) electrons. The van der Waals surface area contributed by atoms with E-state index in [1.165, 1.54) is 10.4 Å². The highest BCUT2D eigenvalue weighted by atomic mass is 32.2. The molecule has 0 atom stereocenters. The van der Waals surface area contributed by atoms with E-state index in [-0.39, 0.29) is 16.7 Å². The van der Waals surface area contributed by atoms with Crippen LogP contribution in [-0.2, 0) is 14.8 Å². The average Bonchev–Trinajstić information content (AvgIpc) is 3.23. The maximum Gasteiger partial charge on any atom is 0.254 e. The minimum Gasteiger partial charge on any atom is -0.339 e. The molecule has 0 bridgehead atoms. The molecule has 0 unspecified atom stereocenters. The van der Waals surface area contributed by atoms with Crippen molar-refractivity contribution >= 4 is 21.8 Å². The first kappa shape index (κ1) is 18.8. The van der Waals surface area contributed by atoms with E-state index in [0.717, 1.165) is 12.8 Å². The van der Waals surface area contributed by atoms with Crippen LogP contribution < -0.4 is 0 Å². The lowest BCUT2D eigenvalue weighted by molar-refractivity contribution is -0.132. The predicted octanol–water partition coefficient (Wildman–Crippen LogP) is 1.17.